The van der Waals surface area contributed by atoms with Gasteiger partial charge in [-0.3, -0.25) is 0 Å². The summed E-state index contributed by atoms with van der Waals surface area (Å²) in [6.45, 7) is 7.20. The first-order chi connectivity index (χ1) is 9.83. The van der Waals surface area contributed by atoms with Gasteiger partial charge >= 0.3 is 5.97 Å². The maximum absolute atomic E-state index is 9.56. The topological polar surface area (TPSA) is 51.5 Å². The van der Waals surface area contributed by atoms with Crippen molar-refractivity contribution in [3.8, 4) is 6.07 Å². The van der Waals surface area contributed by atoms with E-state index in [2.05, 4.69) is 49.4 Å². The van der Waals surface area contributed by atoms with Crippen LogP contribution in [-0.2, 0) is 20.2 Å². The summed E-state index contributed by atoms with van der Waals surface area (Å²) < 4.78 is 19.0. The van der Waals surface area contributed by atoms with Crippen LogP contribution in [0.4, 0.5) is 0 Å². The van der Waals surface area contributed by atoms with Crippen molar-refractivity contribution in [1.29, 1.82) is 5.26 Å². The Labute approximate surface area is 138 Å². The van der Waals surface area contributed by atoms with Crippen molar-refractivity contribution >= 4 is 22.6 Å². The highest BCUT2D eigenvalue weighted by Crippen LogP contribution is 2.55. The Hall–Kier alpha value is -0.680. The molecule has 1 aromatic rings. The first kappa shape index (κ1) is 15.2. The third kappa shape index (κ3) is 2.20. The quantitative estimate of drug-likeness (QED) is 0.680. The Balaban J connectivity index is 1.98. The molecule has 0 aliphatic carbocycles. The molecule has 1 atom stereocenters. The van der Waals surface area contributed by atoms with E-state index >= 15 is 0 Å². The number of nitriles is 1. The highest BCUT2D eigenvalue weighted by molar-refractivity contribution is 14.1. The van der Waals surface area contributed by atoms with E-state index in [0.717, 1.165) is 9.13 Å². The van der Waals surface area contributed by atoms with E-state index in [4.69, 9.17) is 14.2 Å². The van der Waals surface area contributed by atoms with Crippen LogP contribution >= 0.6 is 22.6 Å². The van der Waals surface area contributed by atoms with E-state index in [1.54, 1.807) is 0 Å². The molecule has 3 saturated heterocycles. The molecule has 4 nitrogen and oxygen atoms in total. The molecule has 3 aliphatic rings. The molecule has 0 aromatic heterocycles. The maximum Gasteiger partial charge on any atom is 0.313 e. The molecular weight excluding hydrogens is 381 g/mol. The summed E-state index contributed by atoms with van der Waals surface area (Å²) in [5.41, 5.74) is 0.212. The summed E-state index contributed by atoms with van der Waals surface area (Å²) in [5.74, 6) is -1.24. The van der Waals surface area contributed by atoms with E-state index in [9.17, 15) is 5.26 Å². The molecule has 0 amide bonds. The lowest BCUT2D eigenvalue weighted by Gasteiger charge is -2.58. The number of ether oxygens (including phenoxy) is 3. The van der Waals surface area contributed by atoms with Gasteiger partial charge in [0.15, 0.2) is 6.10 Å². The van der Waals surface area contributed by atoms with E-state index in [1.807, 2.05) is 24.3 Å². The van der Waals surface area contributed by atoms with Gasteiger partial charge in [-0.1, -0.05) is 20.8 Å². The molecule has 112 valence electrons. The standard InChI is InChI=1S/C16H18INO3/c1-14(2,3)15-9-19-16(20-10-15,21-13(15)8-18)11-4-6-12(17)7-5-11/h4-7,13H,9-10H2,1-3H3. The van der Waals surface area contributed by atoms with Crippen LogP contribution in [0.3, 0.4) is 0 Å². The zero-order chi connectivity index (χ0) is 15.3. The second-order valence-corrected chi connectivity index (χ2v) is 7.92. The van der Waals surface area contributed by atoms with Gasteiger partial charge in [0.2, 0.25) is 0 Å². The molecule has 0 saturated carbocycles. The molecule has 0 radical (unpaired) electrons. The minimum Gasteiger partial charge on any atom is -0.323 e. The van der Waals surface area contributed by atoms with E-state index in [0.29, 0.717) is 13.2 Å². The van der Waals surface area contributed by atoms with Crippen molar-refractivity contribution < 1.29 is 14.2 Å². The van der Waals surface area contributed by atoms with Gasteiger partial charge < -0.3 is 14.2 Å². The molecule has 0 spiro atoms. The van der Waals surface area contributed by atoms with Gasteiger partial charge in [0.25, 0.3) is 0 Å². The molecule has 5 heteroatoms. The van der Waals surface area contributed by atoms with Crippen LogP contribution in [0.5, 0.6) is 0 Å². The minimum absolute atomic E-state index is 0.147. The Morgan fingerprint density at radius 1 is 1.19 bits per heavy atom. The number of rotatable bonds is 1. The monoisotopic (exact) mass is 399 g/mol. The Morgan fingerprint density at radius 2 is 1.76 bits per heavy atom. The van der Waals surface area contributed by atoms with Gasteiger partial charge in [-0.15, -0.1) is 0 Å². The maximum atomic E-state index is 9.56. The minimum atomic E-state index is -1.24. The normalized spacial score (nSPS) is 35.5. The van der Waals surface area contributed by atoms with E-state index < -0.39 is 17.5 Å². The summed E-state index contributed by atoms with van der Waals surface area (Å²) >= 11 is 2.24. The van der Waals surface area contributed by atoms with Crippen LogP contribution in [0.25, 0.3) is 0 Å². The van der Waals surface area contributed by atoms with E-state index in [1.165, 1.54) is 0 Å². The summed E-state index contributed by atoms with van der Waals surface area (Å²) in [5, 5.41) is 9.56. The third-order valence-electron chi connectivity index (χ3n) is 4.62. The average Bonchev–Trinajstić information content (AvgIpc) is 2.47. The highest BCUT2D eigenvalue weighted by Gasteiger charge is 2.63. The summed E-state index contributed by atoms with van der Waals surface area (Å²) in [4.78, 5) is 0. The molecule has 0 N–H and O–H groups in total. The predicted molar refractivity (Wildman–Crippen MR) is 85.1 cm³/mol. The fraction of sp³-hybridized carbons (Fsp3) is 0.562. The summed E-state index contributed by atoms with van der Waals surface area (Å²) in [6.07, 6.45) is -0.542. The summed E-state index contributed by atoms with van der Waals surface area (Å²) in [6, 6.07) is 10.1. The zero-order valence-corrected chi connectivity index (χ0v) is 14.5. The summed E-state index contributed by atoms with van der Waals surface area (Å²) in [7, 11) is 0. The molecule has 21 heavy (non-hydrogen) atoms. The smallest absolute Gasteiger partial charge is 0.313 e. The zero-order valence-electron chi connectivity index (χ0n) is 12.4. The molecule has 2 bridgehead atoms. The highest BCUT2D eigenvalue weighted by atomic mass is 127. The lowest BCUT2D eigenvalue weighted by atomic mass is 9.63. The van der Waals surface area contributed by atoms with Gasteiger partial charge in [-0.2, -0.15) is 5.26 Å². The second kappa shape index (κ2) is 4.92. The average molecular weight is 399 g/mol. The number of fused-ring (bicyclic) bond motifs is 3. The fourth-order valence-corrected chi connectivity index (χ4v) is 3.24. The van der Waals surface area contributed by atoms with Gasteiger partial charge in [0, 0.05) is 9.13 Å². The van der Waals surface area contributed by atoms with Crippen LogP contribution < -0.4 is 0 Å². The van der Waals surface area contributed by atoms with Crippen molar-refractivity contribution in [3.63, 3.8) is 0 Å². The number of hydrogen-bond donors (Lipinski definition) is 0. The van der Waals surface area contributed by atoms with Gasteiger partial charge in [0.1, 0.15) is 0 Å². The largest absolute Gasteiger partial charge is 0.323 e. The fourth-order valence-electron chi connectivity index (χ4n) is 2.88. The van der Waals surface area contributed by atoms with Crippen LogP contribution in [0, 0.1) is 25.7 Å². The Bertz CT molecular complexity index is 577. The Kier molecular flexibility index (Phi) is 3.56. The van der Waals surface area contributed by atoms with Crippen LogP contribution in [0.1, 0.15) is 26.3 Å². The SMILES string of the molecule is CC(C)(C)C12COC(c3ccc(I)cc3)(OC1)OC2C#N. The van der Waals surface area contributed by atoms with Gasteiger partial charge in [0.05, 0.1) is 24.7 Å². The van der Waals surface area contributed by atoms with E-state index in [-0.39, 0.29) is 5.41 Å². The van der Waals surface area contributed by atoms with Gasteiger partial charge in [-0.25, -0.2) is 0 Å². The van der Waals surface area contributed by atoms with Crippen molar-refractivity contribution in [2.45, 2.75) is 32.8 Å². The van der Waals surface area contributed by atoms with Crippen LogP contribution in [0.2, 0.25) is 0 Å². The number of hydrogen-bond acceptors (Lipinski definition) is 4. The molecule has 3 heterocycles. The molecular formula is C16H18INO3. The van der Waals surface area contributed by atoms with Crippen molar-refractivity contribution in [2.24, 2.45) is 10.8 Å². The third-order valence-corrected chi connectivity index (χ3v) is 5.34. The predicted octanol–water partition coefficient (Wildman–Crippen LogP) is 3.40. The molecule has 3 fully saturated rings. The number of benzene rings is 1. The second-order valence-electron chi connectivity index (χ2n) is 6.67. The molecule has 1 aromatic carbocycles. The Morgan fingerprint density at radius 3 is 2.24 bits per heavy atom. The number of halogens is 1. The lowest BCUT2D eigenvalue weighted by Crippen LogP contribution is -2.66. The number of nitrogens with zero attached hydrogens (tertiary/aromatic N) is 1. The van der Waals surface area contributed by atoms with Crippen LogP contribution in [0.15, 0.2) is 24.3 Å². The van der Waals surface area contributed by atoms with Crippen molar-refractivity contribution in [2.75, 3.05) is 13.2 Å². The van der Waals surface area contributed by atoms with Crippen LogP contribution in [-0.4, -0.2) is 19.3 Å². The molecule has 3 aliphatic heterocycles. The van der Waals surface area contributed by atoms with Crippen molar-refractivity contribution in [1.82, 2.24) is 0 Å². The first-order valence-corrected chi connectivity index (χ1v) is 8.02. The molecule has 1 unspecified atom stereocenters. The lowest BCUT2D eigenvalue weighted by molar-refractivity contribution is -0.502. The van der Waals surface area contributed by atoms with Gasteiger partial charge in [-0.05, 0) is 52.3 Å². The first-order valence-electron chi connectivity index (χ1n) is 6.94. The molecule has 4 rings (SSSR count). The van der Waals surface area contributed by atoms with Crippen molar-refractivity contribution in [3.05, 3.63) is 33.4 Å².